The van der Waals surface area contributed by atoms with Gasteiger partial charge in [0.05, 0.1) is 12.2 Å². The lowest BCUT2D eigenvalue weighted by Gasteiger charge is -2.08. The van der Waals surface area contributed by atoms with Crippen LogP contribution in [0.25, 0.3) is 0 Å². The number of aromatic nitrogens is 1. The van der Waals surface area contributed by atoms with Crippen molar-refractivity contribution in [3.63, 3.8) is 0 Å². The van der Waals surface area contributed by atoms with Crippen LogP contribution in [0.15, 0.2) is 30.5 Å². The minimum Gasteiger partial charge on any atom is -0.492 e. The van der Waals surface area contributed by atoms with Crippen molar-refractivity contribution in [1.82, 2.24) is 4.98 Å². The Kier molecular flexibility index (Phi) is 2.82. The third-order valence-electron chi connectivity index (χ3n) is 3.39. The fourth-order valence-electron chi connectivity index (χ4n) is 2.47. The van der Waals surface area contributed by atoms with Gasteiger partial charge in [-0.2, -0.15) is 0 Å². The zero-order valence-corrected chi connectivity index (χ0v) is 11.1. The van der Waals surface area contributed by atoms with Crippen LogP contribution in [0.5, 0.6) is 5.75 Å². The number of aryl methyl sites for hydroxylation is 2. The first-order valence-electron chi connectivity index (χ1n) is 6.39. The summed E-state index contributed by atoms with van der Waals surface area (Å²) in [6.45, 7) is 4.54. The molecule has 0 bridgehead atoms. The van der Waals surface area contributed by atoms with Gasteiger partial charge in [-0.3, -0.25) is 9.78 Å². The average Bonchev–Trinajstić information content (AvgIpc) is 2.86. The van der Waals surface area contributed by atoms with E-state index in [0.717, 1.165) is 28.9 Å². The number of fused-ring (bicyclic) bond motifs is 1. The number of carbonyl (C=O) groups is 1. The van der Waals surface area contributed by atoms with Crippen LogP contribution in [0.3, 0.4) is 0 Å². The van der Waals surface area contributed by atoms with Crippen molar-refractivity contribution >= 4 is 5.78 Å². The van der Waals surface area contributed by atoms with E-state index in [9.17, 15) is 4.79 Å². The van der Waals surface area contributed by atoms with Gasteiger partial charge in [0, 0.05) is 12.6 Å². The van der Waals surface area contributed by atoms with Crippen LogP contribution in [-0.2, 0) is 6.42 Å². The van der Waals surface area contributed by atoms with Crippen LogP contribution in [0.1, 0.15) is 32.7 Å². The zero-order chi connectivity index (χ0) is 13.4. The van der Waals surface area contributed by atoms with Crippen molar-refractivity contribution < 1.29 is 9.53 Å². The highest BCUT2D eigenvalue weighted by molar-refractivity contribution is 6.10. The third kappa shape index (κ3) is 2.01. The highest BCUT2D eigenvalue weighted by Gasteiger charge is 2.23. The number of ether oxygens (including phenoxy) is 1. The van der Waals surface area contributed by atoms with E-state index in [1.807, 2.05) is 38.1 Å². The maximum Gasteiger partial charge on any atom is 0.215 e. The molecule has 2 heterocycles. The lowest BCUT2D eigenvalue weighted by atomic mass is 10.00. The van der Waals surface area contributed by atoms with E-state index >= 15 is 0 Å². The highest BCUT2D eigenvalue weighted by atomic mass is 16.5. The molecule has 0 amide bonds. The van der Waals surface area contributed by atoms with Crippen LogP contribution in [0.2, 0.25) is 0 Å². The van der Waals surface area contributed by atoms with Gasteiger partial charge in [-0.05, 0) is 36.6 Å². The van der Waals surface area contributed by atoms with Crippen molar-refractivity contribution in [3.05, 3.63) is 58.4 Å². The van der Waals surface area contributed by atoms with E-state index in [1.54, 1.807) is 6.20 Å². The number of hydrogen-bond acceptors (Lipinski definition) is 3. The minimum atomic E-state index is -0.0590. The molecule has 0 radical (unpaired) electrons. The van der Waals surface area contributed by atoms with E-state index in [2.05, 4.69) is 4.98 Å². The Hall–Kier alpha value is -2.16. The largest absolute Gasteiger partial charge is 0.492 e. The average molecular weight is 253 g/mol. The quantitative estimate of drug-likeness (QED) is 0.772. The molecule has 3 heteroatoms. The fourth-order valence-corrected chi connectivity index (χ4v) is 2.47. The van der Waals surface area contributed by atoms with E-state index in [-0.39, 0.29) is 5.78 Å². The lowest BCUT2D eigenvalue weighted by molar-refractivity contribution is 0.103. The predicted octanol–water partition coefficient (Wildman–Crippen LogP) is 2.86. The van der Waals surface area contributed by atoms with Gasteiger partial charge in [-0.1, -0.05) is 18.2 Å². The molecule has 1 aromatic carbocycles. The second kappa shape index (κ2) is 4.50. The van der Waals surface area contributed by atoms with Gasteiger partial charge in [0.1, 0.15) is 11.4 Å². The molecule has 1 aliphatic rings. The molecule has 0 N–H and O–H groups in total. The van der Waals surface area contributed by atoms with Crippen LogP contribution < -0.4 is 4.74 Å². The molecule has 0 unspecified atom stereocenters. The molecule has 0 aliphatic carbocycles. The summed E-state index contributed by atoms with van der Waals surface area (Å²) in [6, 6.07) is 7.70. The number of benzene rings is 1. The molecule has 2 aromatic rings. The van der Waals surface area contributed by atoms with Crippen molar-refractivity contribution in [1.29, 1.82) is 0 Å². The molecular formula is C16H15NO2. The molecule has 0 saturated carbocycles. The first-order chi connectivity index (χ1) is 9.16. The second-order valence-corrected chi connectivity index (χ2v) is 4.90. The topological polar surface area (TPSA) is 39.2 Å². The predicted molar refractivity (Wildman–Crippen MR) is 72.8 cm³/mol. The van der Waals surface area contributed by atoms with Crippen LogP contribution in [0, 0.1) is 13.8 Å². The van der Waals surface area contributed by atoms with Gasteiger partial charge in [0.25, 0.3) is 0 Å². The van der Waals surface area contributed by atoms with Crippen LogP contribution in [-0.4, -0.2) is 17.4 Å². The Morgan fingerprint density at radius 2 is 2.16 bits per heavy atom. The summed E-state index contributed by atoms with van der Waals surface area (Å²) in [5.41, 5.74) is 4.20. The summed E-state index contributed by atoms with van der Waals surface area (Å²) < 4.78 is 5.59. The highest BCUT2D eigenvalue weighted by Crippen LogP contribution is 2.31. The fraction of sp³-hybridized carbons (Fsp3) is 0.250. The summed E-state index contributed by atoms with van der Waals surface area (Å²) in [7, 11) is 0. The number of pyridine rings is 1. The summed E-state index contributed by atoms with van der Waals surface area (Å²) in [5, 5.41) is 0. The number of hydrogen-bond donors (Lipinski definition) is 0. The van der Waals surface area contributed by atoms with Crippen molar-refractivity contribution in [2.24, 2.45) is 0 Å². The number of para-hydroxylation sites is 1. The molecule has 96 valence electrons. The zero-order valence-electron chi connectivity index (χ0n) is 11.1. The Balaban J connectivity index is 2.08. The summed E-state index contributed by atoms with van der Waals surface area (Å²) in [6.07, 6.45) is 2.60. The minimum absolute atomic E-state index is 0.0590. The Labute approximate surface area is 112 Å². The van der Waals surface area contributed by atoms with E-state index in [4.69, 9.17) is 4.74 Å². The number of ketones is 1. The molecular weight excluding hydrogens is 238 g/mol. The Bertz CT molecular complexity index is 662. The summed E-state index contributed by atoms with van der Waals surface area (Å²) in [4.78, 5) is 16.9. The molecule has 3 rings (SSSR count). The molecule has 1 aromatic heterocycles. The second-order valence-electron chi connectivity index (χ2n) is 4.90. The molecule has 0 saturated heterocycles. The van der Waals surface area contributed by atoms with E-state index in [1.165, 1.54) is 0 Å². The van der Waals surface area contributed by atoms with E-state index < -0.39 is 0 Å². The van der Waals surface area contributed by atoms with Crippen molar-refractivity contribution in [2.45, 2.75) is 20.3 Å². The van der Waals surface area contributed by atoms with Gasteiger partial charge in [0.15, 0.2) is 0 Å². The molecule has 1 aliphatic heterocycles. The van der Waals surface area contributed by atoms with Crippen molar-refractivity contribution in [2.75, 3.05) is 6.61 Å². The molecule has 0 atom stereocenters. The van der Waals surface area contributed by atoms with Gasteiger partial charge < -0.3 is 4.74 Å². The Morgan fingerprint density at radius 1 is 1.32 bits per heavy atom. The maximum absolute atomic E-state index is 12.6. The number of carbonyl (C=O) groups excluding carboxylic acids is 1. The molecule has 0 fully saturated rings. The normalized spacial score (nSPS) is 12.9. The van der Waals surface area contributed by atoms with Gasteiger partial charge >= 0.3 is 0 Å². The first kappa shape index (κ1) is 11.9. The maximum atomic E-state index is 12.6. The van der Waals surface area contributed by atoms with Gasteiger partial charge in [0.2, 0.25) is 5.78 Å². The SMILES string of the molecule is Cc1cnc(C(=O)c2cccc3c2OCC3)c(C)c1. The lowest BCUT2D eigenvalue weighted by Crippen LogP contribution is -2.08. The number of rotatable bonds is 2. The summed E-state index contributed by atoms with van der Waals surface area (Å²) >= 11 is 0. The van der Waals surface area contributed by atoms with E-state index in [0.29, 0.717) is 17.9 Å². The molecule has 19 heavy (non-hydrogen) atoms. The summed E-state index contributed by atoms with van der Waals surface area (Å²) in [5.74, 6) is 0.672. The monoisotopic (exact) mass is 253 g/mol. The Morgan fingerprint density at radius 3 is 2.95 bits per heavy atom. The first-order valence-corrected chi connectivity index (χ1v) is 6.39. The standard InChI is InChI=1S/C16H15NO2/c1-10-8-11(2)14(17-9-10)15(18)13-5-3-4-12-6-7-19-16(12)13/h3-5,8-9H,6-7H2,1-2H3. The van der Waals surface area contributed by atoms with Gasteiger partial charge in [-0.15, -0.1) is 0 Å². The third-order valence-corrected chi connectivity index (χ3v) is 3.39. The van der Waals surface area contributed by atoms with Crippen LogP contribution in [0.4, 0.5) is 0 Å². The number of nitrogens with zero attached hydrogens (tertiary/aromatic N) is 1. The molecule has 0 spiro atoms. The van der Waals surface area contributed by atoms with Crippen molar-refractivity contribution in [3.8, 4) is 5.75 Å². The smallest absolute Gasteiger partial charge is 0.215 e. The van der Waals surface area contributed by atoms with Crippen LogP contribution >= 0.6 is 0 Å². The molecule has 3 nitrogen and oxygen atoms in total. The van der Waals surface area contributed by atoms with Gasteiger partial charge in [-0.25, -0.2) is 0 Å².